The van der Waals surface area contributed by atoms with Gasteiger partial charge in [-0.3, -0.25) is 4.79 Å². The van der Waals surface area contributed by atoms with Gasteiger partial charge < -0.3 is 10.2 Å². The molecule has 2 saturated carbocycles. The number of halogens is 1. The van der Waals surface area contributed by atoms with Crippen molar-refractivity contribution in [3.05, 3.63) is 11.9 Å². The highest BCUT2D eigenvalue weighted by molar-refractivity contribution is 5.92. The summed E-state index contributed by atoms with van der Waals surface area (Å²) < 4.78 is 1.90. The summed E-state index contributed by atoms with van der Waals surface area (Å²) in [6.45, 7) is 4.23. The lowest BCUT2D eigenvalue weighted by Gasteiger charge is -2.28. The van der Waals surface area contributed by atoms with Crippen LogP contribution in [0.5, 0.6) is 0 Å². The average Bonchev–Trinajstić information content (AvgIpc) is 3.47. The fraction of sp³-hybridized carbons (Fsp3) is 0.812. The molecule has 1 aromatic rings. The van der Waals surface area contributed by atoms with Crippen molar-refractivity contribution in [2.45, 2.75) is 63.6 Å². The van der Waals surface area contributed by atoms with Crippen LogP contribution in [0.2, 0.25) is 0 Å². The number of hydrogen-bond acceptors (Lipinski definition) is 4. The van der Waals surface area contributed by atoms with Crippen molar-refractivity contribution in [2.24, 2.45) is 5.92 Å². The molecule has 3 aliphatic rings. The molecular formula is C16H26ClN5O. The Morgan fingerprint density at radius 2 is 1.96 bits per heavy atom. The van der Waals surface area contributed by atoms with Crippen LogP contribution in [-0.4, -0.2) is 51.0 Å². The minimum atomic E-state index is 0. The lowest BCUT2D eigenvalue weighted by Crippen LogP contribution is -2.41. The van der Waals surface area contributed by atoms with Gasteiger partial charge in [-0.05, 0) is 64.5 Å². The van der Waals surface area contributed by atoms with Gasteiger partial charge in [0.25, 0.3) is 5.91 Å². The topological polar surface area (TPSA) is 63.1 Å². The first-order chi connectivity index (χ1) is 10.7. The predicted molar refractivity (Wildman–Crippen MR) is 89.8 cm³/mol. The molecule has 1 unspecified atom stereocenters. The van der Waals surface area contributed by atoms with Crippen molar-refractivity contribution < 1.29 is 4.79 Å². The Hall–Kier alpha value is -1.14. The van der Waals surface area contributed by atoms with E-state index in [4.69, 9.17) is 0 Å². The molecule has 0 radical (unpaired) electrons. The van der Waals surface area contributed by atoms with Crippen molar-refractivity contribution in [3.8, 4) is 0 Å². The lowest BCUT2D eigenvalue weighted by atomic mass is 10.1. The van der Waals surface area contributed by atoms with Gasteiger partial charge in [0.15, 0.2) is 5.69 Å². The minimum Gasteiger partial charge on any atom is -0.331 e. The molecule has 23 heavy (non-hydrogen) atoms. The summed E-state index contributed by atoms with van der Waals surface area (Å²) in [5.41, 5.74) is 0.526. The predicted octanol–water partition coefficient (Wildman–Crippen LogP) is 2.03. The number of amides is 1. The second-order valence-electron chi connectivity index (χ2n) is 7.09. The zero-order valence-electron chi connectivity index (χ0n) is 13.6. The van der Waals surface area contributed by atoms with E-state index >= 15 is 0 Å². The molecule has 1 aliphatic heterocycles. The van der Waals surface area contributed by atoms with E-state index in [1.54, 1.807) is 0 Å². The number of hydrogen-bond donors (Lipinski definition) is 1. The second-order valence-corrected chi connectivity index (χ2v) is 7.09. The molecule has 2 heterocycles. The second kappa shape index (κ2) is 6.77. The van der Waals surface area contributed by atoms with Gasteiger partial charge in [-0.15, -0.1) is 17.5 Å². The molecule has 6 nitrogen and oxygen atoms in total. The van der Waals surface area contributed by atoms with Gasteiger partial charge in [-0.2, -0.15) is 0 Å². The van der Waals surface area contributed by atoms with Gasteiger partial charge in [0.1, 0.15) is 0 Å². The summed E-state index contributed by atoms with van der Waals surface area (Å²) >= 11 is 0. The van der Waals surface area contributed by atoms with Gasteiger partial charge in [0.05, 0.1) is 12.2 Å². The van der Waals surface area contributed by atoms with Crippen molar-refractivity contribution in [3.63, 3.8) is 0 Å². The first-order valence-electron chi connectivity index (χ1n) is 8.69. The smallest absolute Gasteiger partial charge is 0.276 e. The number of carbonyl (C=O) groups excluding carboxylic acids is 1. The zero-order valence-corrected chi connectivity index (χ0v) is 14.5. The van der Waals surface area contributed by atoms with Crippen LogP contribution in [0.1, 0.15) is 62.0 Å². The number of rotatable bonds is 5. The molecule has 1 saturated heterocycles. The summed E-state index contributed by atoms with van der Waals surface area (Å²) in [6, 6.07) is 1.17. The molecule has 0 spiro atoms. The maximum Gasteiger partial charge on any atom is 0.276 e. The zero-order chi connectivity index (χ0) is 15.1. The highest BCUT2D eigenvalue weighted by Crippen LogP contribution is 2.40. The van der Waals surface area contributed by atoms with Gasteiger partial charge in [-0.1, -0.05) is 5.21 Å². The van der Waals surface area contributed by atoms with Crippen molar-refractivity contribution in [1.82, 2.24) is 25.2 Å². The van der Waals surface area contributed by atoms with Crippen LogP contribution in [0.15, 0.2) is 6.20 Å². The quantitative estimate of drug-likeness (QED) is 0.891. The largest absolute Gasteiger partial charge is 0.331 e. The molecule has 0 bridgehead atoms. The molecule has 7 heteroatoms. The maximum atomic E-state index is 12.9. The number of carbonyl (C=O) groups is 1. The number of nitrogens with one attached hydrogen (secondary N) is 1. The Balaban J connectivity index is 0.00000156. The van der Waals surface area contributed by atoms with Gasteiger partial charge in [0.2, 0.25) is 0 Å². The van der Waals surface area contributed by atoms with Gasteiger partial charge in [0, 0.05) is 12.1 Å². The Bertz CT molecular complexity index is 548. The fourth-order valence-corrected chi connectivity index (χ4v) is 3.60. The molecular weight excluding hydrogens is 314 g/mol. The van der Waals surface area contributed by atoms with Gasteiger partial charge >= 0.3 is 0 Å². The standard InChI is InChI=1S/C16H25N5O.ClH/c1-11(12-2-3-12)21(14-4-5-14)16(22)15-10-20(19-18-15)13-6-8-17-9-7-13;/h10-14,17H,2-9H2,1H3;1H. The first kappa shape index (κ1) is 16.7. The molecule has 1 amide bonds. The van der Waals surface area contributed by atoms with Crippen LogP contribution in [0.3, 0.4) is 0 Å². The Morgan fingerprint density at radius 3 is 2.57 bits per heavy atom. The molecule has 1 N–H and O–H groups in total. The summed E-state index contributed by atoms with van der Waals surface area (Å²) in [5.74, 6) is 0.783. The van der Waals surface area contributed by atoms with E-state index in [0.717, 1.165) is 38.8 Å². The number of aromatic nitrogens is 3. The van der Waals surface area contributed by atoms with E-state index in [0.29, 0.717) is 29.7 Å². The van der Waals surface area contributed by atoms with Crippen molar-refractivity contribution >= 4 is 18.3 Å². The molecule has 2 aliphatic carbocycles. The highest BCUT2D eigenvalue weighted by Gasteiger charge is 2.42. The fourth-order valence-electron chi connectivity index (χ4n) is 3.60. The SMILES string of the molecule is CC(C1CC1)N(C(=O)c1cn(C2CCNCC2)nn1)C1CC1.Cl. The Morgan fingerprint density at radius 1 is 1.26 bits per heavy atom. The summed E-state index contributed by atoms with van der Waals surface area (Å²) in [5, 5.41) is 11.8. The van der Waals surface area contributed by atoms with Crippen LogP contribution in [0, 0.1) is 5.92 Å². The van der Waals surface area contributed by atoms with E-state index in [1.807, 2.05) is 10.9 Å². The highest BCUT2D eigenvalue weighted by atomic mass is 35.5. The summed E-state index contributed by atoms with van der Waals surface area (Å²) in [6.07, 6.45) is 8.80. The molecule has 1 aromatic heterocycles. The van der Waals surface area contributed by atoms with Crippen LogP contribution in [0.25, 0.3) is 0 Å². The molecule has 3 fully saturated rings. The van der Waals surface area contributed by atoms with Crippen LogP contribution in [-0.2, 0) is 0 Å². The van der Waals surface area contributed by atoms with E-state index in [2.05, 4.69) is 27.5 Å². The van der Waals surface area contributed by atoms with E-state index in [-0.39, 0.29) is 18.3 Å². The van der Waals surface area contributed by atoms with Crippen molar-refractivity contribution in [2.75, 3.05) is 13.1 Å². The van der Waals surface area contributed by atoms with Crippen LogP contribution >= 0.6 is 12.4 Å². The third kappa shape index (κ3) is 3.53. The normalized spacial score (nSPS) is 23.2. The summed E-state index contributed by atoms with van der Waals surface area (Å²) in [7, 11) is 0. The third-order valence-corrected chi connectivity index (χ3v) is 5.33. The van der Waals surface area contributed by atoms with E-state index < -0.39 is 0 Å². The maximum absolute atomic E-state index is 12.9. The van der Waals surface area contributed by atoms with Crippen LogP contribution in [0.4, 0.5) is 0 Å². The monoisotopic (exact) mass is 339 g/mol. The molecule has 0 aromatic carbocycles. The Labute approximate surface area is 143 Å². The van der Waals surface area contributed by atoms with E-state index in [1.165, 1.54) is 12.8 Å². The average molecular weight is 340 g/mol. The van der Waals surface area contributed by atoms with Crippen LogP contribution < -0.4 is 5.32 Å². The Kier molecular flexibility index (Phi) is 4.92. The molecule has 1 atom stereocenters. The summed E-state index contributed by atoms with van der Waals surface area (Å²) in [4.78, 5) is 15.0. The third-order valence-electron chi connectivity index (χ3n) is 5.33. The minimum absolute atomic E-state index is 0. The first-order valence-corrected chi connectivity index (χ1v) is 8.69. The molecule has 128 valence electrons. The van der Waals surface area contributed by atoms with Gasteiger partial charge in [-0.25, -0.2) is 4.68 Å². The number of piperidine rings is 1. The van der Waals surface area contributed by atoms with Crippen molar-refractivity contribution in [1.29, 1.82) is 0 Å². The molecule has 4 rings (SSSR count). The lowest BCUT2D eigenvalue weighted by molar-refractivity contribution is 0.0648. The number of nitrogens with zero attached hydrogens (tertiary/aromatic N) is 4. The van der Waals surface area contributed by atoms with E-state index in [9.17, 15) is 4.79 Å².